The Morgan fingerprint density at radius 2 is 1.67 bits per heavy atom. The van der Waals surface area contributed by atoms with Crippen molar-refractivity contribution in [2.24, 2.45) is 10.9 Å². The minimum absolute atomic E-state index is 0.0693. The number of sulfonamides is 1. The fourth-order valence-corrected chi connectivity index (χ4v) is 1.92. The first-order valence-electron chi connectivity index (χ1n) is 5.85. The molecule has 5 nitrogen and oxygen atoms in total. The van der Waals surface area contributed by atoms with E-state index in [9.17, 15) is 8.42 Å². The number of rotatable bonds is 6. The maximum absolute atomic E-state index is 11.1. The second-order valence-corrected chi connectivity index (χ2v) is 5.94. The van der Waals surface area contributed by atoms with Crippen molar-refractivity contribution < 1.29 is 13.2 Å². The smallest absolute Gasteiger partial charge is 0.238 e. The van der Waals surface area contributed by atoms with E-state index in [1.807, 2.05) is 13.8 Å². The summed E-state index contributed by atoms with van der Waals surface area (Å²) in [6.45, 7) is 4.42. The molecular weight excluding hydrogens is 252 g/mol. The summed E-state index contributed by atoms with van der Waals surface area (Å²) >= 11 is 0. The zero-order chi connectivity index (χ0) is 13.8. The van der Waals surface area contributed by atoms with Crippen LogP contribution in [-0.4, -0.2) is 20.6 Å². The summed E-state index contributed by atoms with van der Waals surface area (Å²) < 4.78 is 27.7. The van der Waals surface area contributed by atoms with Gasteiger partial charge in [0.2, 0.25) is 10.0 Å². The lowest BCUT2D eigenvalue weighted by molar-refractivity contribution is 0.207. The quantitative estimate of drug-likeness (QED) is 0.814. The standard InChI is InChI=1S/C12H20N2O3S/c1-3-12(13,4-2)9-17-10-5-7-11(8-6-10)18(14,15)16/h5-8H,3-4,9,13H2,1-2H3,(H2,14,15,16). The number of primary sulfonamides is 1. The molecule has 0 radical (unpaired) electrons. The summed E-state index contributed by atoms with van der Waals surface area (Å²) in [5.41, 5.74) is 5.75. The maximum atomic E-state index is 11.1. The molecule has 0 aliphatic rings. The predicted molar refractivity (Wildman–Crippen MR) is 70.8 cm³/mol. The molecule has 1 aromatic carbocycles. The van der Waals surface area contributed by atoms with Crippen LogP contribution in [-0.2, 0) is 10.0 Å². The molecule has 1 aromatic rings. The fourth-order valence-electron chi connectivity index (χ4n) is 1.41. The van der Waals surface area contributed by atoms with Crippen molar-refractivity contribution >= 4 is 10.0 Å². The largest absolute Gasteiger partial charge is 0.492 e. The molecule has 0 atom stereocenters. The summed E-state index contributed by atoms with van der Waals surface area (Å²) in [5.74, 6) is 0.583. The average molecular weight is 272 g/mol. The van der Waals surface area contributed by atoms with Gasteiger partial charge >= 0.3 is 0 Å². The molecule has 0 fully saturated rings. The van der Waals surface area contributed by atoms with E-state index < -0.39 is 10.0 Å². The van der Waals surface area contributed by atoms with Crippen LogP contribution in [0.1, 0.15) is 26.7 Å². The van der Waals surface area contributed by atoms with Crippen LogP contribution in [0.25, 0.3) is 0 Å². The van der Waals surface area contributed by atoms with Gasteiger partial charge in [-0.05, 0) is 37.1 Å². The lowest BCUT2D eigenvalue weighted by Gasteiger charge is -2.26. The van der Waals surface area contributed by atoms with Gasteiger partial charge in [0, 0.05) is 5.54 Å². The molecule has 0 aromatic heterocycles. The topological polar surface area (TPSA) is 95.4 Å². The first kappa shape index (κ1) is 14.9. The van der Waals surface area contributed by atoms with Crippen molar-refractivity contribution in [1.29, 1.82) is 0 Å². The van der Waals surface area contributed by atoms with Gasteiger partial charge in [-0.2, -0.15) is 0 Å². The van der Waals surface area contributed by atoms with Crippen LogP contribution in [0, 0.1) is 0 Å². The lowest BCUT2D eigenvalue weighted by Crippen LogP contribution is -2.44. The van der Waals surface area contributed by atoms with Gasteiger partial charge < -0.3 is 10.5 Å². The van der Waals surface area contributed by atoms with Crippen LogP contribution in [0.5, 0.6) is 5.75 Å². The number of nitrogens with two attached hydrogens (primary N) is 2. The number of hydrogen-bond donors (Lipinski definition) is 2. The average Bonchev–Trinajstić information content (AvgIpc) is 2.35. The molecule has 6 heteroatoms. The Kier molecular flexibility index (Phi) is 4.72. The summed E-state index contributed by atoms with van der Waals surface area (Å²) in [5, 5.41) is 5.00. The molecule has 1 rings (SSSR count). The number of benzene rings is 1. The third-order valence-corrected chi connectivity index (χ3v) is 4.02. The zero-order valence-electron chi connectivity index (χ0n) is 10.7. The van der Waals surface area contributed by atoms with Crippen LogP contribution in [0.4, 0.5) is 0 Å². The molecule has 0 heterocycles. The fraction of sp³-hybridized carbons (Fsp3) is 0.500. The van der Waals surface area contributed by atoms with E-state index in [1.165, 1.54) is 12.1 Å². The highest BCUT2D eigenvalue weighted by Gasteiger charge is 2.21. The molecule has 0 bridgehead atoms. The first-order valence-corrected chi connectivity index (χ1v) is 7.40. The van der Waals surface area contributed by atoms with Crippen molar-refractivity contribution in [3.8, 4) is 5.75 Å². The molecule has 0 spiro atoms. The van der Waals surface area contributed by atoms with E-state index in [1.54, 1.807) is 12.1 Å². The highest BCUT2D eigenvalue weighted by molar-refractivity contribution is 7.89. The van der Waals surface area contributed by atoms with E-state index in [-0.39, 0.29) is 10.4 Å². The maximum Gasteiger partial charge on any atom is 0.238 e. The third-order valence-electron chi connectivity index (χ3n) is 3.09. The van der Waals surface area contributed by atoms with E-state index >= 15 is 0 Å². The van der Waals surface area contributed by atoms with E-state index in [4.69, 9.17) is 15.6 Å². The van der Waals surface area contributed by atoms with E-state index in [0.717, 1.165) is 12.8 Å². The Labute approximate surface area is 108 Å². The van der Waals surface area contributed by atoms with Gasteiger partial charge in [0.15, 0.2) is 0 Å². The summed E-state index contributed by atoms with van der Waals surface area (Å²) in [6.07, 6.45) is 1.64. The van der Waals surface area contributed by atoms with Crippen molar-refractivity contribution in [3.63, 3.8) is 0 Å². The molecule has 4 N–H and O–H groups in total. The molecule has 0 amide bonds. The normalized spacial score (nSPS) is 12.4. The molecule has 18 heavy (non-hydrogen) atoms. The van der Waals surface area contributed by atoms with Crippen LogP contribution in [0.15, 0.2) is 29.2 Å². The molecular formula is C12H20N2O3S. The first-order chi connectivity index (χ1) is 8.30. The van der Waals surface area contributed by atoms with Crippen molar-refractivity contribution in [2.75, 3.05) is 6.61 Å². The minimum atomic E-state index is -3.65. The Morgan fingerprint density at radius 1 is 1.17 bits per heavy atom. The second-order valence-electron chi connectivity index (χ2n) is 4.37. The van der Waals surface area contributed by atoms with Gasteiger partial charge in [0.1, 0.15) is 12.4 Å². The van der Waals surface area contributed by atoms with Crippen molar-refractivity contribution in [3.05, 3.63) is 24.3 Å². The zero-order valence-corrected chi connectivity index (χ0v) is 11.5. The Morgan fingerprint density at radius 3 is 2.06 bits per heavy atom. The highest BCUT2D eigenvalue weighted by Crippen LogP contribution is 2.18. The van der Waals surface area contributed by atoms with Gasteiger partial charge in [-0.15, -0.1) is 0 Å². The molecule has 0 saturated heterocycles. The summed E-state index contributed by atoms with van der Waals surface area (Å²) in [6, 6.07) is 5.98. The molecule has 0 saturated carbocycles. The SMILES string of the molecule is CCC(N)(CC)COc1ccc(S(N)(=O)=O)cc1. The van der Waals surface area contributed by atoms with Gasteiger partial charge in [-0.3, -0.25) is 0 Å². The second kappa shape index (κ2) is 5.69. The minimum Gasteiger partial charge on any atom is -0.492 e. The Bertz CT molecular complexity index is 479. The highest BCUT2D eigenvalue weighted by atomic mass is 32.2. The Hall–Kier alpha value is -1.11. The lowest BCUT2D eigenvalue weighted by atomic mass is 9.96. The van der Waals surface area contributed by atoms with Crippen LogP contribution < -0.4 is 15.6 Å². The van der Waals surface area contributed by atoms with E-state index in [0.29, 0.717) is 12.4 Å². The summed E-state index contributed by atoms with van der Waals surface area (Å²) in [7, 11) is -3.65. The number of ether oxygens (including phenoxy) is 1. The number of hydrogen-bond acceptors (Lipinski definition) is 4. The van der Waals surface area contributed by atoms with Gasteiger partial charge in [0.25, 0.3) is 0 Å². The van der Waals surface area contributed by atoms with Crippen LogP contribution in [0.3, 0.4) is 0 Å². The monoisotopic (exact) mass is 272 g/mol. The van der Waals surface area contributed by atoms with Crippen LogP contribution >= 0.6 is 0 Å². The molecule has 0 unspecified atom stereocenters. The van der Waals surface area contributed by atoms with Crippen molar-refractivity contribution in [1.82, 2.24) is 0 Å². The Balaban J connectivity index is 2.71. The summed E-state index contributed by atoms with van der Waals surface area (Å²) in [4.78, 5) is 0.0693. The van der Waals surface area contributed by atoms with E-state index in [2.05, 4.69) is 0 Å². The van der Waals surface area contributed by atoms with Gasteiger partial charge in [-0.25, -0.2) is 13.6 Å². The third kappa shape index (κ3) is 3.97. The van der Waals surface area contributed by atoms with Gasteiger partial charge in [0.05, 0.1) is 4.90 Å². The molecule has 102 valence electrons. The molecule has 0 aliphatic heterocycles. The van der Waals surface area contributed by atoms with Crippen molar-refractivity contribution in [2.45, 2.75) is 37.1 Å². The van der Waals surface area contributed by atoms with Crippen LogP contribution in [0.2, 0.25) is 0 Å². The molecule has 0 aliphatic carbocycles. The van der Waals surface area contributed by atoms with Gasteiger partial charge in [-0.1, -0.05) is 13.8 Å². The predicted octanol–water partition coefficient (Wildman–Crippen LogP) is 1.23.